The maximum Gasteiger partial charge on any atom is 0.227 e. The molecule has 1 unspecified atom stereocenters. The number of carbonyl (C=O) groups is 1. The highest BCUT2D eigenvalue weighted by atomic mass is 35.5. The number of amides is 1. The molecule has 5 nitrogen and oxygen atoms in total. The predicted molar refractivity (Wildman–Crippen MR) is 101 cm³/mol. The largest absolute Gasteiger partial charge is 0.489 e. The maximum absolute atomic E-state index is 12.6. The topological polar surface area (TPSA) is 73.6 Å². The van der Waals surface area contributed by atoms with E-state index in [-0.39, 0.29) is 30.3 Å². The van der Waals surface area contributed by atoms with Crippen LogP contribution in [0.2, 0.25) is 0 Å². The van der Waals surface area contributed by atoms with Crippen molar-refractivity contribution in [2.24, 2.45) is 17.6 Å². The summed E-state index contributed by atoms with van der Waals surface area (Å²) >= 11 is 0. The number of rotatable bonds is 6. The first kappa shape index (κ1) is 20.0. The lowest BCUT2D eigenvalue weighted by atomic mass is 9.95. The van der Waals surface area contributed by atoms with E-state index < -0.39 is 0 Å². The van der Waals surface area contributed by atoms with Crippen LogP contribution in [-0.2, 0) is 9.53 Å². The van der Waals surface area contributed by atoms with Crippen molar-refractivity contribution in [3.63, 3.8) is 0 Å². The van der Waals surface area contributed by atoms with Crippen LogP contribution in [-0.4, -0.2) is 31.8 Å². The fourth-order valence-electron chi connectivity index (χ4n) is 3.70. The van der Waals surface area contributed by atoms with Crippen LogP contribution in [0, 0.1) is 18.8 Å². The highest BCUT2D eigenvalue weighted by molar-refractivity contribution is 5.94. The monoisotopic (exact) mass is 368 g/mol. The molecule has 2 aliphatic rings. The molecule has 3 atom stereocenters. The molecule has 1 aliphatic heterocycles. The molecule has 6 heteroatoms. The van der Waals surface area contributed by atoms with Crippen molar-refractivity contribution < 1.29 is 14.3 Å². The predicted octanol–water partition coefficient (Wildman–Crippen LogP) is 3.29. The third-order valence-corrected chi connectivity index (χ3v) is 5.14. The Balaban J connectivity index is 0.00000225. The van der Waals surface area contributed by atoms with Crippen molar-refractivity contribution in [2.75, 3.05) is 25.1 Å². The summed E-state index contributed by atoms with van der Waals surface area (Å²) < 4.78 is 11.6. The summed E-state index contributed by atoms with van der Waals surface area (Å²) in [7, 11) is 0. The number of halogens is 1. The average molecular weight is 369 g/mol. The molecule has 0 radical (unpaired) electrons. The van der Waals surface area contributed by atoms with E-state index in [0.29, 0.717) is 19.1 Å². The molecular formula is C19H29ClN2O3. The van der Waals surface area contributed by atoms with Gasteiger partial charge in [-0.3, -0.25) is 4.79 Å². The Morgan fingerprint density at radius 2 is 2.16 bits per heavy atom. The van der Waals surface area contributed by atoms with Gasteiger partial charge in [-0.1, -0.05) is 12.5 Å². The first-order valence-electron chi connectivity index (χ1n) is 9.03. The molecule has 1 saturated carbocycles. The number of carbonyl (C=O) groups excluding carboxylic acids is 1. The van der Waals surface area contributed by atoms with Gasteiger partial charge in [0.15, 0.2) is 0 Å². The second kappa shape index (κ2) is 9.41. The maximum atomic E-state index is 12.6. The van der Waals surface area contributed by atoms with E-state index in [0.717, 1.165) is 55.7 Å². The molecule has 1 aliphatic carbocycles. The molecule has 0 bridgehead atoms. The molecule has 25 heavy (non-hydrogen) atoms. The Morgan fingerprint density at radius 3 is 2.88 bits per heavy atom. The molecule has 140 valence electrons. The van der Waals surface area contributed by atoms with Crippen LogP contribution in [0.25, 0.3) is 0 Å². The van der Waals surface area contributed by atoms with Gasteiger partial charge in [0.1, 0.15) is 12.4 Å². The highest BCUT2D eigenvalue weighted by Crippen LogP contribution is 2.33. The van der Waals surface area contributed by atoms with E-state index in [2.05, 4.69) is 5.32 Å². The van der Waals surface area contributed by atoms with E-state index in [1.807, 2.05) is 25.1 Å². The lowest BCUT2D eigenvalue weighted by Gasteiger charge is -2.20. The summed E-state index contributed by atoms with van der Waals surface area (Å²) in [6.45, 7) is 3.94. The van der Waals surface area contributed by atoms with Gasteiger partial charge in [0, 0.05) is 12.5 Å². The van der Waals surface area contributed by atoms with E-state index >= 15 is 0 Å². The lowest BCUT2D eigenvalue weighted by Crippen LogP contribution is -2.30. The van der Waals surface area contributed by atoms with Crippen LogP contribution in [0.1, 0.15) is 37.7 Å². The zero-order valence-electron chi connectivity index (χ0n) is 14.8. The van der Waals surface area contributed by atoms with E-state index in [1.54, 1.807) is 0 Å². The standard InChI is InChI=1S/C19H28N2O3.ClH/c1-13-7-8-17(18(10-13)24-12-15-5-3-9-23-15)21-19(22)16-6-2-4-14(16)11-20;/h7-8,10,14-16H,2-6,9,11-12,20H2,1H3,(H,21,22);1H/t14-,15?,16-;/m1./s1. The van der Waals surface area contributed by atoms with E-state index in [4.69, 9.17) is 15.2 Å². The van der Waals surface area contributed by atoms with Crippen LogP contribution in [0.5, 0.6) is 5.75 Å². The summed E-state index contributed by atoms with van der Waals surface area (Å²) in [6, 6.07) is 5.88. The van der Waals surface area contributed by atoms with Crippen LogP contribution in [0.15, 0.2) is 18.2 Å². The van der Waals surface area contributed by atoms with Gasteiger partial charge in [-0.25, -0.2) is 0 Å². The van der Waals surface area contributed by atoms with Gasteiger partial charge >= 0.3 is 0 Å². The summed E-state index contributed by atoms with van der Waals surface area (Å²) in [5.74, 6) is 1.10. The fraction of sp³-hybridized carbons (Fsp3) is 0.632. The molecule has 1 amide bonds. The first-order chi connectivity index (χ1) is 11.7. The number of nitrogens with one attached hydrogen (secondary N) is 1. The summed E-state index contributed by atoms with van der Waals surface area (Å²) in [6.07, 6.45) is 5.33. The van der Waals surface area contributed by atoms with Crippen LogP contribution < -0.4 is 15.8 Å². The second-order valence-electron chi connectivity index (χ2n) is 6.97. The Morgan fingerprint density at radius 1 is 1.32 bits per heavy atom. The number of hydrogen-bond acceptors (Lipinski definition) is 4. The van der Waals surface area contributed by atoms with Gasteiger partial charge in [0.25, 0.3) is 0 Å². The summed E-state index contributed by atoms with van der Waals surface area (Å²) in [4.78, 5) is 12.6. The van der Waals surface area contributed by atoms with E-state index in [1.165, 1.54) is 0 Å². The van der Waals surface area contributed by atoms with Gasteiger partial charge in [-0.05, 0) is 62.8 Å². The van der Waals surface area contributed by atoms with Crippen LogP contribution in [0.4, 0.5) is 5.69 Å². The van der Waals surface area contributed by atoms with Crippen LogP contribution in [0.3, 0.4) is 0 Å². The molecule has 1 saturated heterocycles. The van der Waals surface area contributed by atoms with Gasteiger partial charge in [0.2, 0.25) is 5.91 Å². The molecule has 3 rings (SSSR count). The first-order valence-corrected chi connectivity index (χ1v) is 9.03. The van der Waals surface area contributed by atoms with Crippen LogP contribution >= 0.6 is 12.4 Å². The normalized spacial score (nSPS) is 25.4. The smallest absolute Gasteiger partial charge is 0.227 e. The minimum absolute atomic E-state index is 0. The molecular weight excluding hydrogens is 340 g/mol. The minimum Gasteiger partial charge on any atom is -0.489 e. The zero-order valence-corrected chi connectivity index (χ0v) is 15.6. The second-order valence-corrected chi connectivity index (χ2v) is 6.97. The van der Waals surface area contributed by atoms with Crippen molar-refractivity contribution >= 4 is 24.0 Å². The minimum atomic E-state index is 0. The number of ether oxygens (including phenoxy) is 2. The van der Waals surface area contributed by atoms with Crippen molar-refractivity contribution in [1.29, 1.82) is 0 Å². The number of nitrogens with two attached hydrogens (primary N) is 1. The molecule has 3 N–H and O–H groups in total. The summed E-state index contributed by atoms with van der Waals surface area (Å²) in [5, 5.41) is 3.06. The Hall–Kier alpha value is -1.30. The molecule has 1 aromatic rings. The number of hydrogen-bond donors (Lipinski definition) is 2. The molecule has 1 aromatic carbocycles. The number of benzene rings is 1. The third kappa shape index (κ3) is 5.09. The van der Waals surface area contributed by atoms with Crippen molar-refractivity contribution in [2.45, 2.75) is 45.1 Å². The molecule has 1 heterocycles. The van der Waals surface area contributed by atoms with Gasteiger partial charge in [-0.15, -0.1) is 12.4 Å². The quantitative estimate of drug-likeness (QED) is 0.808. The molecule has 0 aromatic heterocycles. The van der Waals surface area contributed by atoms with Crippen molar-refractivity contribution in [1.82, 2.24) is 0 Å². The lowest BCUT2D eigenvalue weighted by molar-refractivity contribution is -0.120. The van der Waals surface area contributed by atoms with Gasteiger partial charge < -0.3 is 20.5 Å². The Bertz CT molecular complexity index is 576. The van der Waals surface area contributed by atoms with Gasteiger partial charge in [0.05, 0.1) is 11.8 Å². The Labute approximate surface area is 156 Å². The fourth-order valence-corrected chi connectivity index (χ4v) is 3.70. The Kier molecular flexibility index (Phi) is 7.54. The van der Waals surface area contributed by atoms with E-state index in [9.17, 15) is 4.79 Å². The average Bonchev–Trinajstić information content (AvgIpc) is 3.26. The highest BCUT2D eigenvalue weighted by Gasteiger charge is 2.32. The van der Waals surface area contributed by atoms with Crippen molar-refractivity contribution in [3.8, 4) is 5.75 Å². The van der Waals surface area contributed by atoms with Crippen molar-refractivity contribution in [3.05, 3.63) is 23.8 Å². The molecule has 2 fully saturated rings. The summed E-state index contributed by atoms with van der Waals surface area (Å²) in [5.41, 5.74) is 7.65. The third-order valence-electron chi connectivity index (χ3n) is 5.14. The zero-order chi connectivity index (χ0) is 16.9. The number of aryl methyl sites for hydroxylation is 1. The SMILES string of the molecule is Cc1ccc(NC(=O)[C@@H]2CCC[C@@H]2CN)c(OCC2CCCO2)c1.Cl. The molecule has 0 spiro atoms. The number of anilines is 1. The van der Waals surface area contributed by atoms with Gasteiger partial charge in [-0.2, -0.15) is 0 Å².